The molecule has 7 heteroatoms. The Labute approximate surface area is 94.2 Å². The van der Waals surface area contributed by atoms with Crippen molar-refractivity contribution in [1.29, 1.82) is 0 Å². The summed E-state index contributed by atoms with van der Waals surface area (Å²) in [5.74, 6) is -0.698. The van der Waals surface area contributed by atoms with Crippen LogP contribution in [0.3, 0.4) is 0 Å². The van der Waals surface area contributed by atoms with E-state index in [-0.39, 0.29) is 17.3 Å². The summed E-state index contributed by atoms with van der Waals surface area (Å²) in [7, 11) is 0. The quantitative estimate of drug-likeness (QED) is 0.659. The molecule has 0 aliphatic heterocycles. The van der Waals surface area contributed by atoms with Gasteiger partial charge in [0.25, 0.3) is 0 Å². The van der Waals surface area contributed by atoms with Gasteiger partial charge in [-0.2, -0.15) is 0 Å². The number of hydrogen-bond acceptors (Lipinski definition) is 2. The van der Waals surface area contributed by atoms with Crippen LogP contribution < -0.4 is 5.32 Å². The van der Waals surface area contributed by atoms with E-state index in [4.69, 9.17) is 11.6 Å². The maximum Gasteiger partial charge on any atom is 0.522 e. The third-order valence-corrected chi connectivity index (χ3v) is 1.93. The Hall–Kier alpha value is -1.01. The second kappa shape index (κ2) is 5.36. The molecule has 16 heavy (non-hydrogen) atoms. The minimum Gasteiger partial charge on any atom is -0.380 e. The van der Waals surface area contributed by atoms with Crippen LogP contribution in [0.5, 0.6) is 0 Å². The molecule has 0 bridgehead atoms. The first kappa shape index (κ1) is 13.1. The van der Waals surface area contributed by atoms with Crippen molar-refractivity contribution in [2.75, 3.05) is 18.5 Å². The second-order valence-electron chi connectivity index (χ2n) is 2.82. The zero-order valence-corrected chi connectivity index (χ0v) is 8.70. The van der Waals surface area contributed by atoms with Crippen LogP contribution in [-0.2, 0) is 4.74 Å². The van der Waals surface area contributed by atoms with Crippen molar-refractivity contribution in [2.24, 2.45) is 0 Å². The molecule has 0 heterocycles. The lowest BCUT2D eigenvalue weighted by molar-refractivity contribution is -0.322. The van der Waals surface area contributed by atoms with Gasteiger partial charge in [0.2, 0.25) is 0 Å². The van der Waals surface area contributed by atoms with E-state index < -0.39 is 18.8 Å². The Kier molecular flexibility index (Phi) is 4.37. The molecule has 0 fully saturated rings. The minimum atomic E-state index is -4.67. The first-order valence-electron chi connectivity index (χ1n) is 4.29. The fourth-order valence-corrected chi connectivity index (χ4v) is 1.17. The van der Waals surface area contributed by atoms with Crippen molar-refractivity contribution in [3.63, 3.8) is 0 Å². The summed E-state index contributed by atoms with van der Waals surface area (Å²) in [6, 6.07) is 4.20. The van der Waals surface area contributed by atoms with Gasteiger partial charge >= 0.3 is 6.36 Å². The Morgan fingerprint density at radius 2 is 2.00 bits per heavy atom. The van der Waals surface area contributed by atoms with Crippen molar-refractivity contribution in [2.45, 2.75) is 6.36 Å². The van der Waals surface area contributed by atoms with Crippen LogP contribution in [0, 0.1) is 5.82 Å². The molecule has 1 N–H and O–H groups in total. The smallest absolute Gasteiger partial charge is 0.380 e. The monoisotopic (exact) mass is 257 g/mol. The highest BCUT2D eigenvalue weighted by Gasteiger charge is 2.28. The summed E-state index contributed by atoms with van der Waals surface area (Å²) < 4.78 is 51.4. The fourth-order valence-electron chi connectivity index (χ4n) is 0.993. The van der Waals surface area contributed by atoms with Crippen LogP contribution in [0.4, 0.5) is 23.2 Å². The van der Waals surface area contributed by atoms with E-state index in [0.29, 0.717) is 0 Å². The van der Waals surface area contributed by atoms with Gasteiger partial charge in [-0.3, -0.25) is 4.74 Å². The van der Waals surface area contributed by atoms with Crippen LogP contribution in [0.15, 0.2) is 18.2 Å². The summed E-state index contributed by atoms with van der Waals surface area (Å²) in [6.45, 7) is -0.772. The number of halogens is 5. The first-order valence-corrected chi connectivity index (χ1v) is 4.66. The maximum absolute atomic E-state index is 13.2. The van der Waals surface area contributed by atoms with Crippen molar-refractivity contribution in [3.05, 3.63) is 29.0 Å². The van der Waals surface area contributed by atoms with E-state index in [1.807, 2.05) is 0 Å². The number of anilines is 1. The van der Waals surface area contributed by atoms with Crippen molar-refractivity contribution < 1.29 is 22.3 Å². The topological polar surface area (TPSA) is 21.3 Å². The predicted octanol–water partition coefficient (Wildman–Crippen LogP) is 3.43. The highest BCUT2D eigenvalue weighted by Crippen LogP contribution is 2.22. The zero-order valence-electron chi connectivity index (χ0n) is 7.94. The molecule has 0 aliphatic carbocycles. The van der Waals surface area contributed by atoms with Gasteiger partial charge in [0.1, 0.15) is 0 Å². The minimum absolute atomic E-state index is 0.0401. The van der Waals surface area contributed by atoms with Gasteiger partial charge in [-0.15, -0.1) is 13.2 Å². The summed E-state index contributed by atoms with van der Waals surface area (Å²) in [4.78, 5) is 0. The Balaban J connectivity index is 2.41. The Morgan fingerprint density at radius 1 is 1.31 bits per heavy atom. The van der Waals surface area contributed by atoms with Gasteiger partial charge in [-0.05, 0) is 12.1 Å². The zero-order chi connectivity index (χ0) is 12.2. The van der Waals surface area contributed by atoms with Crippen LogP contribution in [0.25, 0.3) is 0 Å². The highest BCUT2D eigenvalue weighted by molar-refractivity contribution is 6.31. The molecule has 0 amide bonds. The van der Waals surface area contributed by atoms with Gasteiger partial charge in [-0.1, -0.05) is 17.7 Å². The molecule has 1 aromatic rings. The van der Waals surface area contributed by atoms with Crippen LogP contribution in [0.1, 0.15) is 0 Å². The molecular formula is C9H8ClF4NO. The maximum atomic E-state index is 13.2. The molecule has 0 aliphatic rings. The third kappa shape index (κ3) is 4.24. The number of alkyl halides is 3. The highest BCUT2D eigenvalue weighted by atomic mass is 35.5. The van der Waals surface area contributed by atoms with Gasteiger partial charge in [0.15, 0.2) is 5.82 Å². The normalized spacial score (nSPS) is 11.6. The van der Waals surface area contributed by atoms with E-state index >= 15 is 0 Å². The molecule has 0 saturated carbocycles. The lowest BCUT2D eigenvalue weighted by atomic mass is 10.3. The van der Waals surface area contributed by atoms with Gasteiger partial charge < -0.3 is 5.32 Å². The molecule has 0 saturated heterocycles. The van der Waals surface area contributed by atoms with E-state index in [0.717, 1.165) is 0 Å². The van der Waals surface area contributed by atoms with Crippen LogP contribution in [0.2, 0.25) is 5.02 Å². The third-order valence-electron chi connectivity index (χ3n) is 1.63. The van der Waals surface area contributed by atoms with Gasteiger partial charge in [-0.25, -0.2) is 4.39 Å². The number of nitrogens with one attached hydrogen (secondary N) is 1. The summed E-state index contributed by atoms with van der Waals surface area (Å²) in [5, 5.41) is 2.35. The Morgan fingerprint density at radius 3 is 2.62 bits per heavy atom. The molecule has 90 valence electrons. The molecule has 0 unspecified atom stereocenters. The lowest BCUT2D eigenvalue weighted by Crippen LogP contribution is -2.19. The van der Waals surface area contributed by atoms with E-state index in [2.05, 4.69) is 10.1 Å². The van der Waals surface area contributed by atoms with Crippen molar-refractivity contribution in [1.82, 2.24) is 0 Å². The second-order valence-corrected chi connectivity index (χ2v) is 3.23. The van der Waals surface area contributed by atoms with E-state index in [9.17, 15) is 17.6 Å². The lowest BCUT2D eigenvalue weighted by Gasteiger charge is -2.10. The van der Waals surface area contributed by atoms with E-state index in [1.165, 1.54) is 18.2 Å². The fraction of sp³-hybridized carbons (Fsp3) is 0.333. The summed E-state index contributed by atoms with van der Waals surface area (Å²) in [5.41, 5.74) is 0.0401. The average molecular weight is 258 g/mol. The van der Waals surface area contributed by atoms with E-state index in [1.54, 1.807) is 0 Å². The largest absolute Gasteiger partial charge is 0.522 e. The first-order chi connectivity index (χ1) is 7.40. The molecule has 0 radical (unpaired) electrons. The molecule has 1 aromatic carbocycles. The molecule has 1 rings (SSSR count). The SMILES string of the molecule is Fc1c(Cl)cccc1NCCOC(F)(F)F. The van der Waals surface area contributed by atoms with Gasteiger partial charge in [0, 0.05) is 6.54 Å². The van der Waals surface area contributed by atoms with Crippen LogP contribution >= 0.6 is 11.6 Å². The van der Waals surface area contributed by atoms with Crippen molar-refractivity contribution >= 4 is 17.3 Å². The molecule has 0 spiro atoms. The van der Waals surface area contributed by atoms with Gasteiger partial charge in [0.05, 0.1) is 17.3 Å². The number of ether oxygens (including phenoxy) is 1. The molecular weight excluding hydrogens is 250 g/mol. The Bertz CT molecular complexity index is 356. The number of rotatable bonds is 4. The average Bonchev–Trinajstić information content (AvgIpc) is 2.17. The summed E-state index contributed by atoms with van der Waals surface area (Å²) >= 11 is 5.47. The van der Waals surface area contributed by atoms with Crippen LogP contribution in [-0.4, -0.2) is 19.5 Å². The standard InChI is InChI=1S/C9H8ClF4NO/c10-6-2-1-3-7(8(6)11)15-4-5-16-9(12,13)14/h1-3,15H,4-5H2. The van der Waals surface area contributed by atoms with Crippen molar-refractivity contribution in [3.8, 4) is 0 Å². The molecule has 0 aromatic heterocycles. The number of benzene rings is 1. The molecule has 0 atom stereocenters. The summed E-state index contributed by atoms with van der Waals surface area (Å²) in [6.07, 6.45) is -4.67. The molecule has 2 nitrogen and oxygen atoms in total. The predicted molar refractivity (Wildman–Crippen MR) is 51.9 cm³/mol. The number of hydrogen-bond donors (Lipinski definition) is 1.